The Bertz CT molecular complexity index is 1090. The molecule has 0 atom stereocenters. The zero-order valence-corrected chi connectivity index (χ0v) is 16.9. The maximum atomic E-state index is 12.3. The van der Waals surface area contributed by atoms with Crippen molar-refractivity contribution in [1.82, 2.24) is 19.9 Å². The smallest absolute Gasteiger partial charge is 0.282 e. The van der Waals surface area contributed by atoms with Crippen LogP contribution in [0, 0.1) is 0 Å². The van der Waals surface area contributed by atoms with E-state index in [1.54, 1.807) is 14.1 Å². The number of hydrogen-bond donors (Lipinski definition) is 1. The first-order valence-electron chi connectivity index (χ1n) is 8.86. The molecule has 0 unspecified atom stereocenters. The third-order valence-electron chi connectivity index (χ3n) is 4.13. The van der Waals surface area contributed by atoms with Gasteiger partial charge in [0.05, 0.1) is 18.3 Å². The molecule has 8 nitrogen and oxygen atoms in total. The number of aromatic nitrogens is 3. The Morgan fingerprint density at radius 2 is 2.11 bits per heavy atom. The van der Waals surface area contributed by atoms with Gasteiger partial charge in [0.2, 0.25) is 0 Å². The Balaban J connectivity index is 1.76. The number of anilines is 2. The topological polar surface area (TPSA) is 92.6 Å². The SMILES string of the molecule is CC(C)Oc1cc2c(cc1Nc1ncnc3sc(C(=O)N(C)C)nc13)C=NC2. The second-order valence-corrected chi connectivity index (χ2v) is 7.88. The van der Waals surface area contributed by atoms with Crippen molar-refractivity contribution in [1.29, 1.82) is 0 Å². The average molecular weight is 396 g/mol. The Morgan fingerprint density at radius 1 is 1.29 bits per heavy atom. The first kappa shape index (κ1) is 18.3. The molecule has 0 aliphatic carbocycles. The van der Waals surface area contributed by atoms with Gasteiger partial charge in [-0.25, -0.2) is 15.0 Å². The van der Waals surface area contributed by atoms with Crippen molar-refractivity contribution in [3.63, 3.8) is 0 Å². The Morgan fingerprint density at radius 3 is 2.86 bits per heavy atom. The van der Waals surface area contributed by atoms with Crippen molar-refractivity contribution in [3.8, 4) is 5.75 Å². The molecule has 1 amide bonds. The van der Waals surface area contributed by atoms with Crippen LogP contribution in [0.3, 0.4) is 0 Å². The highest BCUT2D eigenvalue weighted by molar-refractivity contribution is 7.19. The maximum Gasteiger partial charge on any atom is 0.282 e. The molecule has 4 rings (SSSR count). The molecule has 1 N–H and O–H groups in total. The summed E-state index contributed by atoms with van der Waals surface area (Å²) in [5, 5.41) is 3.69. The number of hydrogen-bond acceptors (Lipinski definition) is 8. The lowest BCUT2D eigenvalue weighted by Crippen LogP contribution is -2.21. The van der Waals surface area contributed by atoms with Gasteiger partial charge in [-0.05, 0) is 37.1 Å². The highest BCUT2D eigenvalue weighted by Gasteiger charge is 2.19. The van der Waals surface area contributed by atoms with E-state index in [1.807, 2.05) is 32.2 Å². The fraction of sp³-hybridized carbons (Fsp3) is 0.316. The van der Waals surface area contributed by atoms with E-state index in [0.717, 1.165) is 22.6 Å². The van der Waals surface area contributed by atoms with Crippen molar-refractivity contribution in [2.45, 2.75) is 26.5 Å². The molecule has 2 aromatic heterocycles. The fourth-order valence-corrected chi connectivity index (χ4v) is 3.77. The number of rotatable bonds is 5. The van der Waals surface area contributed by atoms with Gasteiger partial charge in [-0.1, -0.05) is 11.3 Å². The minimum atomic E-state index is -0.161. The average Bonchev–Trinajstić information content (AvgIpc) is 3.27. The van der Waals surface area contributed by atoms with E-state index in [-0.39, 0.29) is 12.0 Å². The molecule has 0 spiro atoms. The minimum absolute atomic E-state index is 0.0231. The van der Waals surface area contributed by atoms with Gasteiger partial charge < -0.3 is 15.0 Å². The number of nitrogens with one attached hydrogen (secondary N) is 1. The lowest BCUT2D eigenvalue weighted by molar-refractivity contribution is 0.0827. The quantitative estimate of drug-likeness (QED) is 0.712. The molecule has 0 saturated carbocycles. The summed E-state index contributed by atoms with van der Waals surface area (Å²) in [6, 6.07) is 4.00. The largest absolute Gasteiger partial charge is 0.489 e. The highest BCUT2D eigenvalue weighted by atomic mass is 32.1. The molecule has 0 saturated heterocycles. The van der Waals surface area contributed by atoms with E-state index < -0.39 is 0 Å². The highest BCUT2D eigenvalue weighted by Crippen LogP contribution is 2.35. The number of carbonyl (C=O) groups excluding carboxylic acids is 1. The predicted molar refractivity (Wildman–Crippen MR) is 110 cm³/mol. The van der Waals surface area contributed by atoms with Crippen molar-refractivity contribution < 1.29 is 9.53 Å². The van der Waals surface area contributed by atoms with Crippen LogP contribution in [0.2, 0.25) is 0 Å². The molecule has 144 valence electrons. The van der Waals surface area contributed by atoms with Gasteiger partial charge in [-0.2, -0.15) is 0 Å². The van der Waals surface area contributed by atoms with Crippen molar-refractivity contribution in [2.75, 3.05) is 19.4 Å². The molecule has 3 aromatic rings. The number of amides is 1. The third-order valence-corrected chi connectivity index (χ3v) is 5.09. The second-order valence-electron chi connectivity index (χ2n) is 6.90. The zero-order valence-electron chi connectivity index (χ0n) is 16.1. The second kappa shape index (κ2) is 7.16. The summed E-state index contributed by atoms with van der Waals surface area (Å²) in [5.74, 6) is 1.10. The normalized spacial score (nSPS) is 12.5. The summed E-state index contributed by atoms with van der Waals surface area (Å²) in [5.41, 5.74) is 3.50. The van der Waals surface area contributed by atoms with Gasteiger partial charge in [0.15, 0.2) is 10.8 Å². The Hall–Kier alpha value is -3.07. The van der Waals surface area contributed by atoms with Crippen molar-refractivity contribution >= 4 is 45.3 Å². The summed E-state index contributed by atoms with van der Waals surface area (Å²) >= 11 is 1.25. The standard InChI is InChI=1S/C19H20N6O2S/c1-10(2)27-14-6-12-8-20-7-11(12)5-13(14)23-16-15-17(22-9-21-16)28-18(24-15)19(26)25(3)4/h5-7,9-10H,8H2,1-4H3,(H,21,22,23). The van der Waals surface area contributed by atoms with Crippen LogP contribution in [-0.2, 0) is 6.54 Å². The van der Waals surface area contributed by atoms with Crippen LogP contribution in [0.4, 0.5) is 11.5 Å². The monoisotopic (exact) mass is 396 g/mol. The van der Waals surface area contributed by atoms with Crippen LogP contribution in [0.1, 0.15) is 34.8 Å². The first-order valence-corrected chi connectivity index (χ1v) is 9.67. The molecule has 0 bridgehead atoms. The van der Waals surface area contributed by atoms with Crippen molar-refractivity contribution in [2.24, 2.45) is 4.99 Å². The van der Waals surface area contributed by atoms with E-state index in [0.29, 0.717) is 27.7 Å². The minimum Gasteiger partial charge on any atom is -0.489 e. The van der Waals surface area contributed by atoms with Crippen LogP contribution in [0.15, 0.2) is 23.5 Å². The number of carbonyl (C=O) groups is 1. The van der Waals surface area contributed by atoms with Gasteiger partial charge >= 0.3 is 0 Å². The zero-order chi connectivity index (χ0) is 19.8. The molecular formula is C19H20N6O2S. The number of aliphatic imine (C=N–C) groups is 1. The van der Waals surface area contributed by atoms with E-state index in [2.05, 4.69) is 25.3 Å². The lowest BCUT2D eigenvalue weighted by Gasteiger charge is -2.17. The van der Waals surface area contributed by atoms with Gasteiger partial charge in [0.1, 0.15) is 22.4 Å². The Labute approximate surface area is 166 Å². The van der Waals surface area contributed by atoms with Gasteiger partial charge in [0.25, 0.3) is 5.91 Å². The summed E-state index contributed by atoms with van der Waals surface area (Å²) in [4.78, 5) is 31.8. The molecule has 1 aliphatic rings. The number of thiazole rings is 1. The van der Waals surface area contributed by atoms with E-state index in [9.17, 15) is 4.79 Å². The summed E-state index contributed by atoms with van der Waals surface area (Å²) in [7, 11) is 3.39. The van der Waals surface area contributed by atoms with E-state index in [1.165, 1.54) is 22.6 Å². The van der Waals surface area contributed by atoms with E-state index in [4.69, 9.17) is 4.74 Å². The number of nitrogens with zero attached hydrogens (tertiary/aromatic N) is 5. The van der Waals surface area contributed by atoms with Crippen LogP contribution >= 0.6 is 11.3 Å². The molecular weight excluding hydrogens is 376 g/mol. The maximum absolute atomic E-state index is 12.3. The number of fused-ring (bicyclic) bond motifs is 2. The number of ether oxygens (including phenoxy) is 1. The fourth-order valence-electron chi connectivity index (χ4n) is 2.84. The van der Waals surface area contributed by atoms with Crippen LogP contribution in [0.5, 0.6) is 5.75 Å². The molecule has 0 fully saturated rings. The molecule has 28 heavy (non-hydrogen) atoms. The first-order chi connectivity index (χ1) is 13.4. The summed E-state index contributed by atoms with van der Waals surface area (Å²) < 4.78 is 5.99. The summed E-state index contributed by atoms with van der Waals surface area (Å²) in [6.45, 7) is 4.62. The molecule has 3 heterocycles. The molecule has 1 aromatic carbocycles. The van der Waals surface area contributed by atoms with Gasteiger partial charge in [-0.3, -0.25) is 9.79 Å². The van der Waals surface area contributed by atoms with Crippen LogP contribution < -0.4 is 10.1 Å². The predicted octanol–water partition coefficient (Wildman–Crippen LogP) is 3.25. The van der Waals surface area contributed by atoms with Crippen LogP contribution in [0.25, 0.3) is 10.3 Å². The van der Waals surface area contributed by atoms with Gasteiger partial charge in [-0.15, -0.1) is 0 Å². The van der Waals surface area contributed by atoms with E-state index >= 15 is 0 Å². The molecule has 9 heteroatoms. The number of benzene rings is 1. The van der Waals surface area contributed by atoms with Crippen LogP contribution in [-0.4, -0.2) is 52.2 Å². The molecule has 0 radical (unpaired) electrons. The lowest BCUT2D eigenvalue weighted by atomic mass is 10.1. The Kier molecular flexibility index (Phi) is 4.68. The third kappa shape index (κ3) is 3.40. The molecule has 1 aliphatic heterocycles. The summed E-state index contributed by atoms with van der Waals surface area (Å²) in [6.07, 6.45) is 3.34. The van der Waals surface area contributed by atoms with Gasteiger partial charge in [0, 0.05) is 20.3 Å². The van der Waals surface area contributed by atoms with Crippen molar-refractivity contribution in [3.05, 3.63) is 34.6 Å².